The molecule has 0 saturated carbocycles. The fourth-order valence-corrected chi connectivity index (χ4v) is 4.35. The van der Waals surface area contributed by atoms with Crippen molar-refractivity contribution >= 4 is 21.4 Å². The van der Waals surface area contributed by atoms with Crippen LogP contribution in [0.5, 0.6) is 0 Å². The number of nitrogens with zero attached hydrogens (tertiary/aromatic N) is 1. The Morgan fingerprint density at radius 3 is 2.52 bits per heavy atom. The zero-order valence-electron chi connectivity index (χ0n) is 16.1. The van der Waals surface area contributed by atoms with Gasteiger partial charge in [-0.15, -0.1) is 0 Å². The lowest BCUT2D eigenvalue weighted by atomic mass is 10.1. The van der Waals surface area contributed by atoms with E-state index in [0.717, 1.165) is 45.3 Å². The normalized spacial score (nSPS) is 16.3. The summed E-state index contributed by atoms with van der Waals surface area (Å²) in [6, 6.07) is 3.94. The average Bonchev–Trinajstić information content (AvgIpc) is 2.57. The molecule has 1 saturated heterocycles. The predicted molar refractivity (Wildman–Crippen MR) is 103 cm³/mol. The minimum absolute atomic E-state index is 0.118. The number of nitrogens with one attached hydrogen (secondary N) is 3. The molecule has 9 nitrogen and oxygen atoms in total. The number of rotatable bonds is 8. The molecule has 0 unspecified atom stereocenters. The van der Waals surface area contributed by atoms with Gasteiger partial charge >= 0.3 is 0 Å². The van der Waals surface area contributed by atoms with Crippen LogP contribution < -0.4 is 14.9 Å². The summed E-state index contributed by atoms with van der Waals surface area (Å²) in [6.45, 7) is 10.2. The van der Waals surface area contributed by atoms with Gasteiger partial charge in [0.05, 0.1) is 29.6 Å². The molecule has 0 spiro atoms. The van der Waals surface area contributed by atoms with Gasteiger partial charge < -0.3 is 15.0 Å². The Balaban J connectivity index is 2.03. The predicted octanol–water partition coefficient (Wildman–Crippen LogP) is 0.389. The zero-order valence-corrected chi connectivity index (χ0v) is 16.9. The van der Waals surface area contributed by atoms with Crippen molar-refractivity contribution in [3.8, 4) is 0 Å². The standard InChI is InChI=1S/C17H28N4O5S/c1-17(2,3)19-27(24,25)14-5-6-15(16(13-14)21(22)23)18-7-4-8-20-9-11-26-12-10-20/h5-6,13,18-19H,4,7-12H2,1-3H3/p+1. The highest BCUT2D eigenvalue weighted by Crippen LogP contribution is 2.28. The molecule has 1 fully saturated rings. The summed E-state index contributed by atoms with van der Waals surface area (Å²) in [5, 5.41) is 14.5. The van der Waals surface area contributed by atoms with Crippen LogP contribution in [0.1, 0.15) is 27.2 Å². The van der Waals surface area contributed by atoms with Gasteiger partial charge in [-0.2, -0.15) is 0 Å². The molecule has 1 aromatic carbocycles. The monoisotopic (exact) mass is 401 g/mol. The Labute approximate surface area is 160 Å². The first-order chi connectivity index (χ1) is 12.6. The summed E-state index contributed by atoms with van der Waals surface area (Å²) in [4.78, 5) is 12.2. The highest BCUT2D eigenvalue weighted by Gasteiger charge is 2.25. The van der Waals surface area contributed by atoms with E-state index in [2.05, 4.69) is 10.0 Å². The molecule has 1 heterocycles. The van der Waals surface area contributed by atoms with Crippen molar-refractivity contribution < 1.29 is 23.0 Å². The Morgan fingerprint density at radius 1 is 1.26 bits per heavy atom. The highest BCUT2D eigenvalue weighted by molar-refractivity contribution is 7.89. The molecular weight excluding hydrogens is 372 g/mol. The Morgan fingerprint density at radius 2 is 1.93 bits per heavy atom. The molecule has 1 aliphatic rings. The van der Waals surface area contributed by atoms with Gasteiger partial charge in [-0.05, 0) is 32.9 Å². The molecule has 0 aliphatic carbocycles. The molecular formula is C17H29N4O5S+. The van der Waals surface area contributed by atoms with Crippen molar-refractivity contribution in [3.05, 3.63) is 28.3 Å². The third-order valence-electron chi connectivity index (χ3n) is 4.14. The molecule has 152 valence electrons. The van der Waals surface area contributed by atoms with E-state index in [4.69, 9.17) is 4.74 Å². The maximum absolute atomic E-state index is 12.4. The van der Waals surface area contributed by atoms with Crippen LogP contribution in [0.4, 0.5) is 11.4 Å². The molecule has 1 aliphatic heterocycles. The molecule has 0 atom stereocenters. The van der Waals surface area contributed by atoms with E-state index in [-0.39, 0.29) is 10.6 Å². The van der Waals surface area contributed by atoms with Gasteiger partial charge in [0.2, 0.25) is 10.0 Å². The van der Waals surface area contributed by atoms with Gasteiger partial charge in [0.1, 0.15) is 18.8 Å². The van der Waals surface area contributed by atoms with Crippen LogP contribution in [-0.2, 0) is 14.8 Å². The fraction of sp³-hybridized carbons (Fsp3) is 0.647. The molecule has 1 aromatic rings. The van der Waals surface area contributed by atoms with Crippen molar-refractivity contribution in [2.24, 2.45) is 0 Å². The Bertz CT molecular complexity index is 755. The lowest BCUT2D eigenvalue weighted by molar-refractivity contribution is -0.908. The largest absolute Gasteiger partial charge is 0.379 e. The molecule has 0 aromatic heterocycles. The molecule has 3 N–H and O–H groups in total. The second-order valence-corrected chi connectivity index (χ2v) is 9.37. The van der Waals surface area contributed by atoms with Crippen molar-refractivity contribution in [2.75, 3.05) is 44.7 Å². The Hall–Kier alpha value is -1.75. The van der Waals surface area contributed by atoms with Crippen molar-refractivity contribution in [1.29, 1.82) is 0 Å². The van der Waals surface area contributed by atoms with E-state index in [0.29, 0.717) is 12.2 Å². The summed E-state index contributed by atoms with van der Waals surface area (Å²) in [5.41, 5.74) is -0.594. The van der Waals surface area contributed by atoms with Gasteiger partial charge in [0.15, 0.2) is 0 Å². The number of quaternary nitrogens is 1. The summed E-state index contributed by atoms with van der Waals surface area (Å²) < 4.78 is 32.6. The van der Waals surface area contributed by atoms with E-state index in [1.54, 1.807) is 20.8 Å². The number of benzene rings is 1. The third kappa shape index (κ3) is 6.73. The average molecular weight is 402 g/mol. The molecule has 0 amide bonds. The van der Waals surface area contributed by atoms with Crippen LogP contribution in [0.2, 0.25) is 0 Å². The zero-order chi connectivity index (χ0) is 20.1. The van der Waals surface area contributed by atoms with Crippen LogP contribution in [-0.4, -0.2) is 58.3 Å². The van der Waals surface area contributed by atoms with E-state index >= 15 is 0 Å². The van der Waals surface area contributed by atoms with Gasteiger partial charge in [-0.1, -0.05) is 0 Å². The molecule has 0 radical (unpaired) electrons. The first-order valence-corrected chi connectivity index (χ1v) is 10.5. The first kappa shape index (κ1) is 21.5. The number of hydrogen-bond acceptors (Lipinski definition) is 6. The van der Waals surface area contributed by atoms with Crippen molar-refractivity contribution in [1.82, 2.24) is 4.72 Å². The van der Waals surface area contributed by atoms with Crippen LogP contribution >= 0.6 is 0 Å². The van der Waals surface area contributed by atoms with Crippen LogP contribution in [0.3, 0.4) is 0 Å². The van der Waals surface area contributed by atoms with Crippen LogP contribution in [0.15, 0.2) is 23.1 Å². The fourth-order valence-electron chi connectivity index (χ4n) is 2.91. The van der Waals surface area contributed by atoms with Crippen LogP contribution in [0, 0.1) is 10.1 Å². The smallest absolute Gasteiger partial charge is 0.293 e. The summed E-state index contributed by atoms with van der Waals surface area (Å²) in [6.07, 6.45) is 0.859. The number of nitro groups is 1. The van der Waals surface area contributed by atoms with E-state index in [1.165, 1.54) is 17.0 Å². The molecule has 2 rings (SSSR count). The second-order valence-electron chi connectivity index (χ2n) is 7.68. The number of morpholine rings is 1. The van der Waals surface area contributed by atoms with Gasteiger partial charge in [-0.3, -0.25) is 10.1 Å². The molecule has 27 heavy (non-hydrogen) atoms. The van der Waals surface area contributed by atoms with Crippen LogP contribution in [0.25, 0.3) is 0 Å². The van der Waals surface area contributed by atoms with Gasteiger partial charge in [-0.25, -0.2) is 13.1 Å². The summed E-state index contributed by atoms with van der Waals surface area (Å²) in [5.74, 6) is 0. The lowest BCUT2D eigenvalue weighted by Crippen LogP contribution is -3.14. The van der Waals surface area contributed by atoms with E-state index in [9.17, 15) is 18.5 Å². The Kier molecular flexibility index (Phi) is 7.15. The molecule has 10 heteroatoms. The van der Waals surface area contributed by atoms with Crippen molar-refractivity contribution in [2.45, 2.75) is 37.6 Å². The maximum Gasteiger partial charge on any atom is 0.293 e. The SMILES string of the molecule is CC(C)(C)NS(=O)(=O)c1ccc(NCCC[NH+]2CCOCC2)c([N+](=O)[O-])c1. The van der Waals surface area contributed by atoms with Gasteiger partial charge in [0.25, 0.3) is 5.69 Å². The van der Waals surface area contributed by atoms with Crippen molar-refractivity contribution in [3.63, 3.8) is 0 Å². The number of sulfonamides is 1. The van der Waals surface area contributed by atoms with E-state index < -0.39 is 20.5 Å². The van der Waals surface area contributed by atoms with Gasteiger partial charge in [0, 0.05) is 24.6 Å². The third-order valence-corrected chi connectivity index (χ3v) is 5.89. The number of anilines is 1. The maximum atomic E-state index is 12.4. The number of hydrogen-bond donors (Lipinski definition) is 3. The summed E-state index contributed by atoms with van der Waals surface area (Å²) in [7, 11) is -3.83. The lowest BCUT2D eigenvalue weighted by Gasteiger charge is -2.23. The minimum Gasteiger partial charge on any atom is -0.379 e. The number of ether oxygens (including phenoxy) is 1. The second kappa shape index (κ2) is 8.96. The topological polar surface area (TPSA) is 115 Å². The molecule has 0 bridgehead atoms. The minimum atomic E-state index is -3.83. The quantitative estimate of drug-likeness (QED) is 0.330. The highest BCUT2D eigenvalue weighted by atomic mass is 32.2. The van der Waals surface area contributed by atoms with E-state index in [1.807, 2.05) is 0 Å². The summed E-state index contributed by atoms with van der Waals surface area (Å²) >= 11 is 0. The first-order valence-electron chi connectivity index (χ1n) is 9.06. The number of nitro benzene ring substituents is 1.